The normalized spacial score (nSPS) is 19.4. The van der Waals surface area contributed by atoms with Gasteiger partial charge >= 0.3 is 0 Å². The molecular formula is C9H18Br2. The first kappa shape index (κ1) is 12.0. The summed E-state index contributed by atoms with van der Waals surface area (Å²) in [7, 11) is 0. The maximum absolute atomic E-state index is 3.48. The van der Waals surface area contributed by atoms with Crippen molar-refractivity contribution in [1.29, 1.82) is 0 Å². The van der Waals surface area contributed by atoms with Crippen LogP contribution in [0, 0.1) is 5.92 Å². The van der Waals surface area contributed by atoms with Gasteiger partial charge in [-0.15, -0.1) is 17.0 Å². The fraction of sp³-hybridized carbons (Fsp3) is 1.00. The van der Waals surface area contributed by atoms with Crippen molar-refractivity contribution in [2.24, 2.45) is 5.92 Å². The SMILES string of the molecule is Br.BrCCCC1CCCCC1. The Bertz CT molecular complexity index is 77.6. The highest BCUT2D eigenvalue weighted by molar-refractivity contribution is 9.09. The number of alkyl halides is 1. The van der Waals surface area contributed by atoms with Crippen LogP contribution in [0.15, 0.2) is 0 Å². The van der Waals surface area contributed by atoms with Crippen LogP contribution in [0.25, 0.3) is 0 Å². The summed E-state index contributed by atoms with van der Waals surface area (Å²) in [5, 5.41) is 1.20. The van der Waals surface area contributed by atoms with Crippen LogP contribution in [0.5, 0.6) is 0 Å². The van der Waals surface area contributed by atoms with Crippen LogP contribution in [0.3, 0.4) is 0 Å². The van der Waals surface area contributed by atoms with Gasteiger partial charge in [0.05, 0.1) is 0 Å². The maximum atomic E-state index is 3.48. The lowest BCUT2D eigenvalue weighted by atomic mass is 9.86. The Hall–Kier alpha value is 0.960. The number of rotatable bonds is 3. The molecule has 0 saturated heterocycles. The van der Waals surface area contributed by atoms with E-state index in [9.17, 15) is 0 Å². The van der Waals surface area contributed by atoms with Gasteiger partial charge in [-0.05, 0) is 18.8 Å². The molecule has 0 aromatic rings. The van der Waals surface area contributed by atoms with Crippen LogP contribution in [-0.4, -0.2) is 5.33 Å². The largest absolute Gasteiger partial charge is 0.114 e. The van der Waals surface area contributed by atoms with Crippen molar-refractivity contribution in [2.75, 3.05) is 5.33 Å². The molecule has 0 aliphatic heterocycles. The van der Waals surface area contributed by atoms with Crippen molar-refractivity contribution in [3.63, 3.8) is 0 Å². The summed E-state index contributed by atoms with van der Waals surface area (Å²) in [6.45, 7) is 0. The summed E-state index contributed by atoms with van der Waals surface area (Å²) < 4.78 is 0. The van der Waals surface area contributed by atoms with Crippen LogP contribution in [0.2, 0.25) is 0 Å². The molecule has 0 atom stereocenters. The third-order valence-corrected chi connectivity index (χ3v) is 3.03. The van der Waals surface area contributed by atoms with Gasteiger partial charge < -0.3 is 0 Å². The molecule has 2 heteroatoms. The van der Waals surface area contributed by atoms with Crippen molar-refractivity contribution < 1.29 is 0 Å². The van der Waals surface area contributed by atoms with E-state index in [-0.39, 0.29) is 17.0 Å². The highest BCUT2D eigenvalue weighted by Gasteiger charge is 2.11. The molecule has 0 spiro atoms. The number of hydrogen-bond acceptors (Lipinski definition) is 0. The Labute approximate surface area is 89.0 Å². The van der Waals surface area contributed by atoms with Crippen molar-refractivity contribution in [3.8, 4) is 0 Å². The first-order chi connectivity index (χ1) is 4.93. The zero-order valence-corrected chi connectivity index (χ0v) is 10.3. The van der Waals surface area contributed by atoms with Gasteiger partial charge in [-0.25, -0.2) is 0 Å². The Balaban J connectivity index is 0.000001000. The topological polar surface area (TPSA) is 0 Å². The van der Waals surface area contributed by atoms with Crippen LogP contribution < -0.4 is 0 Å². The van der Waals surface area contributed by atoms with Gasteiger partial charge in [0, 0.05) is 5.33 Å². The van der Waals surface area contributed by atoms with Crippen molar-refractivity contribution >= 4 is 32.9 Å². The highest BCUT2D eigenvalue weighted by Crippen LogP contribution is 2.27. The van der Waals surface area contributed by atoms with Gasteiger partial charge in [-0.1, -0.05) is 48.0 Å². The van der Waals surface area contributed by atoms with E-state index in [0.29, 0.717) is 0 Å². The van der Waals surface area contributed by atoms with E-state index in [4.69, 9.17) is 0 Å². The maximum Gasteiger partial charge on any atom is 0.00314 e. The summed E-state index contributed by atoms with van der Waals surface area (Å²) in [6, 6.07) is 0. The second-order valence-corrected chi connectivity index (χ2v) is 4.13. The quantitative estimate of drug-likeness (QED) is 0.678. The molecule has 0 N–H and O–H groups in total. The lowest BCUT2D eigenvalue weighted by Gasteiger charge is -2.20. The summed E-state index contributed by atoms with van der Waals surface area (Å²) in [4.78, 5) is 0. The van der Waals surface area contributed by atoms with Crippen molar-refractivity contribution in [2.45, 2.75) is 44.9 Å². The molecule has 0 bridgehead atoms. The lowest BCUT2D eigenvalue weighted by molar-refractivity contribution is 0.337. The summed E-state index contributed by atoms with van der Waals surface area (Å²) in [5.74, 6) is 1.08. The second kappa shape index (κ2) is 7.60. The average molecular weight is 286 g/mol. The van der Waals surface area contributed by atoms with E-state index in [2.05, 4.69) is 15.9 Å². The minimum atomic E-state index is 0. The predicted molar refractivity (Wildman–Crippen MR) is 59.9 cm³/mol. The average Bonchev–Trinajstić information content (AvgIpc) is 2.03. The molecule has 0 aromatic heterocycles. The van der Waals surface area contributed by atoms with E-state index in [1.165, 1.54) is 50.3 Å². The Kier molecular flexibility index (Phi) is 8.26. The standard InChI is InChI=1S/C9H17Br.BrH/c10-8-4-7-9-5-2-1-3-6-9;/h9H,1-8H2;1H. The minimum Gasteiger partial charge on any atom is -0.114 e. The van der Waals surface area contributed by atoms with Crippen LogP contribution >= 0.6 is 32.9 Å². The fourth-order valence-corrected chi connectivity index (χ4v) is 2.17. The Morgan fingerprint density at radius 1 is 1.09 bits per heavy atom. The van der Waals surface area contributed by atoms with E-state index in [1.807, 2.05) is 0 Å². The third kappa shape index (κ3) is 5.24. The third-order valence-electron chi connectivity index (χ3n) is 2.47. The highest BCUT2D eigenvalue weighted by atomic mass is 79.9. The number of halogens is 2. The van der Waals surface area contributed by atoms with E-state index >= 15 is 0 Å². The van der Waals surface area contributed by atoms with Crippen LogP contribution in [0.1, 0.15) is 44.9 Å². The lowest BCUT2D eigenvalue weighted by Crippen LogP contribution is -2.05. The van der Waals surface area contributed by atoms with Gasteiger partial charge in [-0.3, -0.25) is 0 Å². The summed E-state index contributed by atoms with van der Waals surface area (Å²) in [6.07, 6.45) is 10.3. The van der Waals surface area contributed by atoms with Gasteiger partial charge in [0.15, 0.2) is 0 Å². The van der Waals surface area contributed by atoms with Gasteiger partial charge in [0.25, 0.3) is 0 Å². The molecule has 1 saturated carbocycles. The predicted octanol–water partition coefficient (Wildman–Crippen LogP) is 4.32. The molecule has 11 heavy (non-hydrogen) atoms. The zero-order chi connectivity index (χ0) is 7.23. The first-order valence-corrected chi connectivity index (χ1v) is 5.61. The molecule has 1 aliphatic carbocycles. The molecule has 68 valence electrons. The summed E-state index contributed by atoms with van der Waals surface area (Å²) >= 11 is 3.48. The monoisotopic (exact) mass is 284 g/mol. The van der Waals surface area contributed by atoms with Crippen LogP contribution in [0.4, 0.5) is 0 Å². The molecule has 0 radical (unpaired) electrons. The second-order valence-electron chi connectivity index (χ2n) is 3.34. The smallest absolute Gasteiger partial charge is 0.00314 e. The van der Waals surface area contributed by atoms with E-state index < -0.39 is 0 Å². The zero-order valence-electron chi connectivity index (χ0n) is 7.02. The molecule has 1 rings (SSSR count). The number of hydrogen-bond donors (Lipinski definition) is 0. The molecule has 0 amide bonds. The Morgan fingerprint density at radius 2 is 1.73 bits per heavy atom. The Morgan fingerprint density at radius 3 is 2.27 bits per heavy atom. The van der Waals surface area contributed by atoms with Gasteiger partial charge in [-0.2, -0.15) is 0 Å². The molecule has 1 aliphatic rings. The summed E-state index contributed by atoms with van der Waals surface area (Å²) in [5.41, 5.74) is 0. The van der Waals surface area contributed by atoms with Crippen molar-refractivity contribution in [3.05, 3.63) is 0 Å². The molecule has 0 nitrogen and oxygen atoms in total. The van der Waals surface area contributed by atoms with Crippen molar-refractivity contribution in [1.82, 2.24) is 0 Å². The fourth-order valence-electron chi connectivity index (χ4n) is 1.84. The molecule has 0 heterocycles. The molecule has 0 unspecified atom stereocenters. The molecule has 0 aromatic carbocycles. The van der Waals surface area contributed by atoms with E-state index in [1.54, 1.807) is 0 Å². The van der Waals surface area contributed by atoms with E-state index in [0.717, 1.165) is 5.92 Å². The first-order valence-electron chi connectivity index (χ1n) is 4.49. The molecular weight excluding hydrogens is 268 g/mol. The van der Waals surface area contributed by atoms with Crippen LogP contribution in [-0.2, 0) is 0 Å². The van der Waals surface area contributed by atoms with Gasteiger partial charge in [0.2, 0.25) is 0 Å². The molecule has 1 fully saturated rings. The minimum absolute atomic E-state index is 0. The van der Waals surface area contributed by atoms with Gasteiger partial charge in [0.1, 0.15) is 0 Å².